The Balaban J connectivity index is 2.12. The van der Waals surface area contributed by atoms with Crippen LogP contribution < -0.4 is 10.1 Å². The number of benzene rings is 1. The van der Waals surface area contributed by atoms with Crippen molar-refractivity contribution in [3.63, 3.8) is 0 Å². The Labute approximate surface area is 130 Å². The van der Waals surface area contributed by atoms with Crippen LogP contribution in [0, 0.1) is 19.7 Å². The maximum atomic E-state index is 13.8. The number of aryl methyl sites for hydroxylation is 2. The van der Waals surface area contributed by atoms with E-state index in [-0.39, 0.29) is 23.7 Å². The van der Waals surface area contributed by atoms with Gasteiger partial charge in [-0.15, -0.1) is 11.3 Å². The van der Waals surface area contributed by atoms with Gasteiger partial charge in [0.15, 0.2) is 11.6 Å². The van der Waals surface area contributed by atoms with E-state index in [1.54, 1.807) is 6.07 Å². The molecule has 2 nitrogen and oxygen atoms in total. The van der Waals surface area contributed by atoms with E-state index in [4.69, 9.17) is 4.74 Å². The van der Waals surface area contributed by atoms with E-state index in [9.17, 15) is 4.39 Å². The van der Waals surface area contributed by atoms with E-state index in [0.717, 1.165) is 5.56 Å². The summed E-state index contributed by atoms with van der Waals surface area (Å²) in [7, 11) is 1.48. The van der Waals surface area contributed by atoms with Crippen LogP contribution in [-0.4, -0.2) is 7.11 Å². The highest BCUT2D eigenvalue weighted by atomic mass is 32.1. The number of nitrogens with one attached hydrogen (secondary N) is 1. The maximum absolute atomic E-state index is 13.8. The lowest BCUT2D eigenvalue weighted by molar-refractivity contribution is 0.385. The molecule has 0 saturated heterocycles. The van der Waals surface area contributed by atoms with Crippen LogP contribution in [0.3, 0.4) is 0 Å². The summed E-state index contributed by atoms with van der Waals surface area (Å²) in [5, 5.41) is 3.53. The van der Waals surface area contributed by atoms with Crippen molar-refractivity contribution >= 4 is 11.3 Å². The Kier molecular flexibility index (Phi) is 5.01. The van der Waals surface area contributed by atoms with Gasteiger partial charge in [-0.2, -0.15) is 0 Å². The monoisotopic (exact) mass is 307 g/mol. The highest BCUT2D eigenvalue weighted by Crippen LogP contribution is 2.29. The van der Waals surface area contributed by atoms with E-state index in [2.05, 4.69) is 32.2 Å². The van der Waals surface area contributed by atoms with Gasteiger partial charge < -0.3 is 10.1 Å². The summed E-state index contributed by atoms with van der Waals surface area (Å²) in [6, 6.07) is 7.63. The Bertz CT molecular complexity index is 623. The zero-order valence-electron chi connectivity index (χ0n) is 13.2. The number of rotatable bonds is 5. The molecule has 2 atom stereocenters. The van der Waals surface area contributed by atoms with Crippen LogP contribution in [0.2, 0.25) is 0 Å². The first-order chi connectivity index (χ1) is 9.92. The van der Waals surface area contributed by atoms with E-state index in [0.29, 0.717) is 0 Å². The number of ether oxygens (including phenoxy) is 1. The third-order valence-electron chi connectivity index (χ3n) is 3.72. The Morgan fingerprint density at radius 3 is 2.38 bits per heavy atom. The minimum atomic E-state index is -0.320. The lowest BCUT2D eigenvalue weighted by Gasteiger charge is -2.21. The molecule has 0 radical (unpaired) electrons. The van der Waals surface area contributed by atoms with Gasteiger partial charge >= 0.3 is 0 Å². The van der Waals surface area contributed by atoms with Gasteiger partial charge in [-0.25, -0.2) is 4.39 Å². The second kappa shape index (κ2) is 6.58. The normalized spacial score (nSPS) is 14.0. The molecule has 2 rings (SSSR count). The lowest BCUT2D eigenvalue weighted by atomic mass is 10.0. The summed E-state index contributed by atoms with van der Waals surface area (Å²) in [4.78, 5) is 2.65. The summed E-state index contributed by atoms with van der Waals surface area (Å²) < 4.78 is 18.7. The van der Waals surface area contributed by atoms with Crippen molar-refractivity contribution < 1.29 is 9.13 Å². The number of hydrogen-bond acceptors (Lipinski definition) is 3. The molecule has 4 heteroatoms. The smallest absolute Gasteiger partial charge is 0.165 e. The fourth-order valence-electron chi connectivity index (χ4n) is 2.59. The first-order valence-electron chi connectivity index (χ1n) is 7.08. The SMILES string of the molecule is COc1ccc(C(C)NC(C)c2cc(C)sc2C)cc1F. The van der Waals surface area contributed by atoms with Gasteiger partial charge in [0.1, 0.15) is 0 Å². The van der Waals surface area contributed by atoms with Gasteiger partial charge in [-0.1, -0.05) is 6.07 Å². The number of halogens is 1. The quantitative estimate of drug-likeness (QED) is 0.846. The van der Waals surface area contributed by atoms with Gasteiger partial charge in [0, 0.05) is 21.8 Å². The van der Waals surface area contributed by atoms with Gasteiger partial charge in [0.25, 0.3) is 0 Å². The van der Waals surface area contributed by atoms with Gasteiger partial charge in [-0.3, -0.25) is 0 Å². The van der Waals surface area contributed by atoms with E-state index in [1.807, 2.05) is 24.3 Å². The fourth-order valence-corrected chi connectivity index (χ4v) is 3.62. The average molecular weight is 307 g/mol. The van der Waals surface area contributed by atoms with Gasteiger partial charge in [0.05, 0.1) is 7.11 Å². The summed E-state index contributed by atoms with van der Waals surface area (Å²) >= 11 is 1.81. The third-order valence-corrected chi connectivity index (χ3v) is 4.70. The molecular weight excluding hydrogens is 285 g/mol. The topological polar surface area (TPSA) is 21.3 Å². The number of hydrogen-bond donors (Lipinski definition) is 1. The zero-order chi connectivity index (χ0) is 15.6. The highest BCUT2D eigenvalue weighted by molar-refractivity contribution is 7.12. The highest BCUT2D eigenvalue weighted by Gasteiger charge is 2.15. The summed E-state index contributed by atoms with van der Waals surface area (Å²) in [6.45, 7) is 8.45. The second-order valence-electron chi connectivity index (χ2n) is 5.37. The summed E-state index contributed by atoms with van der Waals surface area (Å²) in [5.74, 6) is -0.0397. The Hall–Kier alpha value is -1.39. The minimum absolute atomic E-state index is 0.0695. The molecule has 1 N–H and O–H groups in total. The molecule has 0 saturated carbocycles. The molecule has 1 heterocycles. The lowest BCUT2D eigenvalue weighted by Crippen LogP contribution is -2.22. The van der Waals surface area contributed by atoms with Crippen LogP contribution in [0.1, 0.15) is 46.8 Å². The molecule has 1 aromatic heterocycles. The predicted octanol–water partition coefficient (Wildman–Crippen LogP) is 4.92. The molecule has 0 aliphatic heterocycles. The van der Waals surface area contributed by atoms with Crippen molar-refractivity contribution in [2.75, 3.05) is 7.11 Å². The van der Waals surface area contributed by atoms with Crippen LogP contribution in [0.4, 0.5) is 4.39 Å². The molecule has 0 spiro atoms. The van der Waals surface area contributed by atoms with Crippen molar-refractivity contribution in [1.29, 1.82) is 0 Å². The largest absolute Gasteiger partial charge is 0.494 e. The molecule has 2 aromatic rings. The van der Waals surface area contributed by atoms with E-state index in [1.165, 1.54) is 28.5 Å². The molecule has 0 aliphatic rings. The minimum Gasteiger partial charge on any atom is -0.494 e. The Morgan fingerprint density at radius 1 is 1.14 bits per heavy atom. The summed E-state index contributed by atoms with van der Waals surface area (Å²) in [6.07, 6.45) is 0. The molecule has 0 fully saturated rings. The van der Waals surface area contributed by atoms with Crippen molar-refractivity contribution in [2.45, 2.75) is 39.8 Å². The standard InChI is InChI=1S/C17H22FNOS/c1-10-8-15(13(4)21-10)12(3)19-11(2)14-6-7-17(20-5)16(18)9-14/h6-9,11-12,19H,1-5H3. The zero-order valence-corrected chi connectivity index (χ0v) is 14.0. The molecular formula is C17H22FNOS. The first kappa shape index (κ1) is 16.0. The molecule has 0 amide bonds. The molecule has 0 bridgehead atoms. The van der Waals surface area contributed by atoms with Crippen LogP contribution in [0.5, 0.6) is 5.75 Å². The molecule has 0 aliphatic carbocycles. The maximum Gasteiger partial charge on any atom is 0.165 e. The summed E-state index contributed by atoms with van der Waals surface area (Å²) in [5.41, 5.74) is 2.24. The van der Waals surface area contributed by atoms with Crippen LogP contribution >= 0.6 is 11.3 Å². The molecule has 114 valence electrons. The van der Waals surface area contributed by atoms with Crippen molar-refractivity contribution in [3.05, 3.63) is 51.0 Å². The van der Waals surface area contributed by atoms with Crippen molar-refractivity contribution in [3.8, 4) is 5.75 Å². The average Bonchev–Trinajstić information content (AvgIpc) is 2.77. The van der Waals surface area contributed by atoms with Gasteiger partial charge in [0.2, 0.25) is 0 Å². The van der Waals surface area contributed by atoms with Crippen LogP contribution in [-0.2, 0) is 0 Å². The molecule has 21 heavy (non-hydrogen) atoms. The molecule has 2 unspecified atom stereocenters. The first-order valence-corrected chi connectivity index (χ1v) is 7.90. The van der Waals surface area contributed by atoms with E-state index >= 15 is 0 Å². The van der Waals surface area contributed by atoms with Crippen LogP contribution in [0.15, 0.2) is 24.3 Å². The Morgan fingerprint density at radius 2 is 1.86 bits per heavy atom. The fraction of sp³-hybridized carbons (Fsp3) is 0.412. The second-order valence-corrected chi connectivity index (χ2v) is 6.83. The van der Waals surface area contributed by atoms with Crippen molar-refractivity contribution in [2.24, 2.45) is 0 Å². The van der Waals surface area contributed by atoms with Gasteiger partial charge in [-0.05, 0) is 57.0 Å². The van der Waals surface area contributed by atoms with Crippen molar-refractivity contribution in [1.82, 2.24) is 5.32 Å². The molecule has 1 aromatic carbocycles. The number of thiophene rings is 1. The van der Waals surface area contributed by atoms with Crippen LogP contribution in [0.25, 0.3) is 0 Å². The van der Waals surface area contributed by atoms with E-state index < -0.39 is 0 Å². The third kappa shape index (κ3) is 3.63. The predicted molar refractivity (Wildman–Crippen MR) is 86.7 cm³/mol. The number of methoxy groups -OCH3 is 1.